The molecule has 54 valence electrons. The molecule has 0 saturated carbocycles. The highest BCUT2D eigenvalue weighted by Gasteiger charge is 2.00. The number of carbonyl (C=O) groups is 1. The number of carboxylic acids is 1. The zero-order valence-corrected chi connectivity index (χ0v) is 6.77. The number of carbonyl (C=O) groups excluding carboxylic acids is 1. The van der Waals surface area contributed by atoms with Crippen LogP contribution in [-0.2, 0) is 0 Å². The van der Waals surface area contributed by atoms with Crippen molar-refractivity contribution < 1.29 is 9.90 Å². The van der Waals surface area contributed by atoms with Crippen molar-refractivity contribution >= 4 is 29.5 Å². The summed E-state index contributed by atoms with van der Waals surface area (Å²) in [6.07, 6.45) is 0. The molecule has 1 N–H and O–H groups in total. The van der Waals surface area contributed by atoms with Gasteiger partial charge in [-0.1, -0.05) is 0 Å². The van der Waals surface area contributed by atoms with Crippen LogP contribution in [0.5, 0.6) is 0 Å². The molecule has 0 spiro atoms. The lowest BCUT2D eigenvalue weighted by molar-refractivity contribution is -0.254. The van der Waals surface area contributed by atoms with Crippen LogP contribution >= 0.6 is 23.6 Å². The molecule has 1 rings (SSSR count). The summed E-state index contributed by atoms with van der Waals surface area (Å²) in [7, 11) is 0. The third-order valence-electron chi connectivity index (χ3n) is 1.01. The molecule has 0 aliphatic carbocycles. The Morgan fingerprint density at radius 3 is 2.60 bits per heavy atom. The number of thiazole rings is 1. The van der Waals surface area contributed by atoms with Gasteiger partial charge in [0.05, 0.1) is 10.8 Å². The molecule has 0 saturated heterocycles. The first-order valence-corrected chi connectivity index (χ1v) is 3.75. The van der Waals surface area contributed by atoms with Crippen LogP contribution in [0.4, 0.5) is 0 Å². The maximum Gasteiger partial charge on any atom is 0.159 e. The summed E-state index contributed by atoms with van der Waals surface area (Å²) in [6, 6.07) is 0. The summed E-state index contributed by atoms with van der Waals surface area (Å²) >= 11 is 5.73. The number of carboxylic acid groups (broad SMARTS) is 1. The number of nitrogens with one attached hydrogen (secondary N) is 1. The molecule has 1 heterocycles. The van der Waals surface area contributed by atoms with Crippen LogP contribution in [0, 0.1) is 10.9 Å². The minimum absolute atomic E-state index is 0.185. The molecule has 3 nitrogen and oxygen atoms in total. The monoisotopic (exact) mass is 174 g/mol. The highest BCUT2D eigenvalue weighted by molar-refractivity contribution is 7.73. The standard InChI is InChI=1S/C5H5NO2S2/c1-2-3(4(7)8)10-5(9)6-2/h1H3,(H,6,9)(H,7,8)/p-1. The lowest BCUT2D eigenvalue weighted by atomic mass is 10.4. The maximum absolute atomic E-state index is 10.3. The second kappa shape index (κ2) is 2.51. The number of H-pyrrole nitrogens is 1. The van der Waals surface area contributed by atoms with Gasteiger partial charge in [0, 0.05) is 5.69 Å². The zero-order valence-electron chi connectivity index (χ0n) is 5.13. The van der Waals surface area contributed by atoms with Gasteiger partial charge >= 0.3 is 0 Å². The smallest absolute Gasteiger partial charge is 0.159 e. The van der Waals surface area contributed by atoms with Crippen molar-refractivity contribution in [3.63, 3.8) is 0 Å². The summed E-state index contributed by atoms with van der Waals surface area (Å²) in [6.45, 7) is 1.65. The lowest BCUT2D eigenvalue weighted by Gasteiger charge is -1.95. The van der Waals surface area contributed by atoms with Gasteiger partial charge in [-0.2, -0.15) is 0 Å². The van der Waals surface area contributed by atoms with E-state index < -0.39 is 5.97 Å². The summed E-state index contributed by atoms with van der Waals surface area (Å²) < 4.78 is 0.469. The predicted molar refractivity (Wildman–Crippen MR) is 38.6 cm³/mol. The van der Waals surface area contributed by atoms with Gasteiger partial charge in [-0.25, -0.2) is 0 Å². The van der Waals surface area contributed by atoms with Gasteiger partial charge in [0.15, 0.2) is 3.95 Å². The number of hydrogen-bond acceptors (Lipinski definition) is 4. The molecule has 0 bridgehead atoms. The molecule has 0 fully saturated rings. The SMILES string of the molecule is Cc1[nH]c(=S)sc1C(=O)[O-]. The highest BCUT2D eigenvalue weighted by Crippen LogP contribution is 2.12. The maximum atomic E-state index is 10.3. The third-order valence-corrected chi connectivity index (χ3v) is 2.33. The first-order chi connectivity index (χ1) is 4.61. The Bertz CT molecular complexity index is 312. The summed E-state index contributed by atoms with van der Waals surface area (Å²) in [5.41, 5.74) is 0.565. The third kappa shape index (κ3) is 1.25. The van der Waals surface area contributed by atoms with Gasteiger partial charge in [0.25, 0.3) is 0 Å². The van der Waals surface area contributed by atoms with E-state index in [9.17, 15) is 9.90 Å². The average Bonchev–Trinajstić information content (AvgIpc) is 2.10. The van der Waals surface area contributed by atoms with Crippen molar-refractivity contribution in [2.45, 2.75) is 6.92 Å². The predicted octanol–water partition coefficient (Wildman–Crippen LogP) is 0.478. The summed E-state index contributed by atoms with van der Waals surface area (Å²) in [5.74, 6) is -1.17. The molecular weight excluding hydrogens is 170 g/mol. The first-order valence-electron chi connectivity index (χ1n) is 2.52. The molecule has 0 amide bonds. The molecule has 0 aromatic carbocycles. The van der Waals surface area contributed by atoms with Crippen molar-refractivity contribution in [2.24, 2.45) is 0 Å². The quantitative estimate of drug-likeness (QED) is 0.630. The van der Waals surface area contributed by atoms with E-state index in [2.05, 4.69) is 4.98 Å². The molecule has 0 aliphatic rings. The molecule has 0 aliphatic heterocycles. The van der Waals surface area contributed by atoms with E-state index in [1.807, 2.05) is 0 Å². The Morgan fingerprint density at radius 1 is 1.80 bits per heavy atom. The Kier molecular flexibility index (Phi) is 1.87. The van der Waals surface area contributed by atoms with Crippen LogP contribution in [0.3, 0.4) is 0 Å². The van der Waals surface area contributed by atoms with Gasteiger partial charge in [-0.05, 0) is 19.1 Å². The number of aromatic carboxylic acids is 1. The van der Waals surface area contributed by atoms with E-state index in [0.717, 1.165) is 11.3 Å². The fraction of sp³-hybridized carbons (Fsp3) is 0.200. The van der Waals surface area contributed by atoms with Gasteiger partial charge in [-0.15, -0.1) is 11.3 Å². The van der Waals surface area contributed by atoms with E-state index in [1.165, 1.54) is 0 Å². The Hall–Kier alpha value is -0.680. The Labute approximate surface area is 66.3 Å². The van der Waals surface area contributed by atoms with Crippen LogP contribution in [-0.4, -0.2) is 11.0 Å². The second-order valence-corrected chi connectivity index (χ2v) is 3.44. The fourth-order valence-electron chi connectivity index (χ4n) is 0.599. The van der Waals surface area contributed by atoms with E-state index in [4.69, 9.17) is 12.2 Å². The van der Waals surface area contributed by atoms with Crippen molar-refractivity contribution in [1.29, 1.82) is 0 Å². The van der Waals surface area contributed by atoms with Crippen molar-refractivity contribution in [3.05, 3.63) is 14.5 Å². The van der Waals surface area contributed by atoms with Crippen LogP contribution in [0.25, 0.3) is 0 Å². The van der Waals surface area contributed by atoms with Crippen LogP contribution in [0.1, 0.15) is 15.4 Å². The van der Waals surface area contributed by atoms with Crippen molar-refractivity contribution in [3.8, 4) is 0 Å². The normalized spacial score (nSPS) is 9.70. The molecule has 0 atom stereocenters. The van der Waals surface area contributed by atoms with Crippen LogP contribution in [0.15, 0.2) is 0 Å². The molecule has 0 radical (unpaired) electrons. The molecule has 1 aromatic rings. The molecule has 1 aromatic heterocycles. The Morgan fingerprint density at radius 2 is 2.40 bits per heavy atom. The lowest BCUT2D eigenvalue weighted by Crippen LogP contribution is -2.21. The average molecular weight is 174 g/mol. The van der Waals surface area contributed by atoms with Gasteiger partial charge in [-0.3, -0.25) is 0 Å². The second-order valence-electron chi connectivity index (χ2n) is 1.76. The number of aromatic amines is 1. The van der Waals surface area contributed by atoms with E-state index in [-0.39, 0.29) is 4.88 Å². The first kappa shape index (κ1) is 7.43. The van der Waals surface area contributed by atoms with E-state index in [0.29, 0.717) is 9.65 Å². The van der Waals surface area contributed by atoms with Crippen molar-refractivity contribution in [2.75, 3.05) is 0 Å². The molecule has 0 unspecified atom stereocenters. The molecule has 10 heavy (non-hydrogen) atoms. The van der Waals surface area contributed by atoms with Gasteiger partial charge in [0.1, 0.15) is 0 Å². The number of aryl methyl sites for hydroxylation is 1. The number of aromatic nitrogens is 1. The highest BCUT2D eigenvalue weighted by atomic mass is 32.1. The van der Waals surface area contributed by atoms with Crippen LogP contribution < -0.4 is 5.11 Å². The summed E-state index contributed by atoms with van der Waals surface area (Å²) in [4.78, 5) is 13.2. The van der Waals surface area contributed by atoms with Crippen molar-refractivity contribution in [1.82, 2.24) is 4.98 Å². The number of hydrogen-bond donors (Lipinski definition) is 1. The van der Waals surface area contributed by atoms with Gasteiger partial charge in [0.2, 0.25) is 0 Å². The van der Waals surface area contributed by atoms with E-state index >= 15 is 0 Å². The minimum Gasteiger partial charge on any atom is -0.544 e. The Balaban J connectivity index is 3.28. The van der Waals surface area contributed by atoms with Crippen LogP contribution in [0.2, 0.25) is 0 Å². The minimum atomic E-state index is -1.17. The van der Waals surface area contributed by atoms with E-state index in [1.54, 1.807) is 6.92 Å². The van der Waals surface area contributed by atoms with Gasteiger partial charge < -0.3 is 14.9 Å². The topological polar surface area (TPSA) is 55.9 Å². The largest absolute Gasteiger partial charge is 0.544 e. The number of rotatable bonds is 1. The molecule has 5 heteroatoms. The fourth-order valence-corrected chi connectivity index (χ4v) is 1.68. The zero-order chi connectivity index (χ0) is 7.72. The molecular formula is C5H4NO2S2-. The summed E-state index contributed by atoms with van der Waals surface area (Å²) in [5, 5.41) is 10.3.